The number of nitro groups is 1. The molecule has 4 atom stereocenters. The molecule has 0 amide bonds. The molecule has 0 bridgehead atoms. The minimum absolute atomic E-state index is 0.0225. The summed E-state index contributed by atoms with van der Waals surface area (Å²) in [5.41, 5.74) is 10.7. The quantitative estimate of drug-likeness (QED) is 0.403. The molecule has 2 fully saturated rings. The van der Waals surface area contributed by atoms with E-state index in [0.717, 1.165) is 19.4 Å². The lowest BCUT2D eigenvalue weighted by molar-refractivity contribution is -0.559. The monoisotopic (exact) mass is 297 g/mol. The predicted molar refractivity (Wildman–Crippen MR) is 77.2 cm³/mol. The topological polar surface area (TPSA) is 121 Å². The lowest BCUT2D eigenvalue weighted by atomic mass is 9.70. The summed E-state index contributed by atoms with van der Waals surface area (Å²) in [4.78, 5) is 11.7. The van der Waals surface area contributed by atoms with Crippen molar-refractivity contribution in [2.75, 3.05) is 6.54 Å². The van der Waals surface area contributed by atoms with Gasteiger partial charge in [0.15, 0.2) is 0 Å². The van der Waals surface area contributed by atoms with Gasteiger partial charge in [-0.3, -0.25) is 20.4 Å². The average Bonchev–Trinajstić information content (AvgIpc) is 2.92. The molecular weight excluding hydrogens is 274 g/mol. The molecule has 9 nitrogen and oxygen atoms in total. The summed E-state index contributed by atoms with van der Waals surface area (Å²) in [5, 5.41) is 21.3. The van der Waals surface area contributed by atoms with Gasteiger partial charge in [-0.15, -0.1) is 10.6 Å². The molecule has 0 aromatic rings. The third-order valence-corrected chi connectivity index (χ3v) is 4.76. The Hall–Kier alpha value is -1.45. The minimum atomic E-state index is -1.34. The van der Waals surface area contributed by atoms with E-state index < -0.39 is 11.6 Å². The highest BCUT2D eigenvalue weighted by atomic mass is 16.6. The maximum Gasteiger partial charge on any atom is 0.296 e. The van der Waals surface area contributed by atoms with Crippen LogP contribution in [0.3, 0.4) is 0 Å². The maximum absolute atomic E-state index is 12.0. The van der Waals surface area contributed by atoms with Crippen molar-refractivity contribution >= 4 is 5.84 Å². The molecule has 3 aliphatic heterocycles. The zero-order valence-corrected chi connectivity index (χ0v) is 12.4. The number of amidine groups is 1. The number of fused-ring (bicyclic) bond motifs is 3. The molecule has 0 aromatic carbocycles. The van der Waals surface area contributed by atoms with Gasteiger partial charge in [-0.2, -0.15) is 0 Å². The van der Waals surface area contributed by atoms with Gasteiger partial charge in [0.2, 0.25) is 5.84 Å². The molecule has 4 unspecified atom stereocenters. The van der Waals surface area contributed by atoms with E-state index in [1.165, 1.54) is 0 Å². The lowest BCUT2D eigenvalue weighted by Crippen LogP contribution is -2.77. The number of nitrogens with one attached hydrogen (secondary N) is 3. The number of hydrazine groups is 2. The van der Waals surface area contributed by atoms with Crippen LogP contribution in [0.25, 0.3) is 0 Å². The molecule has 5 N–H and O–H groups in total. The van der Waals surface area contributed by atoms with Gasteiger partial charge in [-0.25, -0.2) is 5.53 Å². The zero-order valence-electron chi connectivity index (χ0n) is 12.4. The number of rotatable bonds is 3. The second-order valence-electron chi connectivity index (χ2n) is 6.54. The molecule has 2 saturated heterocycles. The van der Waals surface area contributed by atoms with Crippen molar-refractivity contribution in [1.82, 2.24) is 21.4 Å². The molecule has 3 rings (SSSR count). The van der Waals surface area contributed by atoms with Crippen LogP contribution >= 0.6 is 0 Å². The highest BCUT2D eigenvalue weighted by Gasteiger charge is 2.65. The molecule has 9 heteroatoms. The largest absolute Gasteiger partial charge is 0.321 e. The Balaban J connectivity index is 2.06. The summed E-state index contributed by atoms with van der Waals surface area (Å²) in [6, 6.07) is -0.551. The van der Waals surface area contributed by atoms with Gasteiger partial charge in [-0.05, 0) is 25.3 Å². The molecule has 0 aromatic heterocycles. The van der Waals surface area contributed by atoms with E-state index in [4.69, 9.17) is 5.73 Å². The number of hydrogen-bond donors (Lipinski definition) is 4. The van der Waals surface area contributed by atoms with Crippen LogP contribution in [0.4, 0.5) is 0 Å². The number of hydrazone groups is 1. The van der Waals surface area contributed by atoms with Crippen LogP contribution in [0.5, 0.6) is 0 Å². The van der Waals surface area contributed by atoms with Gasteiger partial charge >= 0.3 is 0 Å². The summed E-state index contributed by atoms with van der Waals surface area (Å²) in [5.74, 6) is 0.568. The van der Waals surface area contributed by atoms with Crippen LogP contribution in [0.1, 0.15) is 33.1 Å². The zero-order chi connectivity index (χ0) is 15.2. The van der Waals surface area contributed by atoms with Crippen molar-refractivity contribution in [2.24, 2.45) is 22.7 Å². The number of piperidine rings is 2. The van der Waals surface area contributed by atoms with E-state index >= 15 is 0 Å². The maximum atomic E-state index is 12.0. The summed E-state index contributed by atoms with van der Waals surface area (Å²) < 4.78 is 0. The van der Waals surface area contributed by atoms with E-state index in [-0.39, 0.29) is 22.9 Å². The Labute approximate surface area is 123 Å². The van der Waals surface area contributed by atoms with Crippen LogP contribution in [0, 0.1) is 22.0 Å². The molecule has 0 aliphatic carbocycles. The van der Waals surface area contributed by atoms with Crippen molar-refractivity contribution in [3.05, 3.63) is 10.1 Å². The summed E-state index contributed by atoms with van der Waals surface area (Å²) in [7, 11) is 0. The molecule has 118 valence electrons. The second kappa shape index (κ2) is 5.08. The van der Waals surface area contributed by atoms with Crippen LogP contribution in [0.15, 0.2) is 5.10 Å². The number of nitrogens with two attached hydrogens (primary N) is 1. The van der Waals surface area contributed by atoms with Gasteiger partial charge in [-0.1, -0.05) is 13.8 Å². The first-order chi connectivity index (χ1) is 9.98. The molecular formula is C12H23N7O2. The van der Waals surface area contributed by atoms with Crippen molar-refractivity contribution in [3.8, 4) is 0 Å². The Morgan fingerprint density at radius 1 is 1.62 bits per heavy atom. The summed E-state index contributed by atoms with van der Waals surface area (Å²) >= 11 is 0. The van der Waals surface area contributed by atoms with Gasteiger partial charge in [0.1, 0.15) is 6.17 Å². The van der Waals surface area contributed by atoms with Crippen molar-refractivity contribution < 1.29 is 4.92 Å². The lowest BCUT2D eigenvalue weighted by Gasteiger charge is -2.50. The van der Waals surface area contributed by atoms with Gasteiger partial charge < -0.3 is 5.73 Å². The Kier molecular flexibility index (Phi) is 3.50. The van der Waals surface area contributed by atoms with E-state index in [1.807, 2.05) is 13.8 Å². The summed E-state index contributed by atoms with van der Waals surface area (Å²) in [6.07, 6.45) is 2.20. The fraction of sp³-hybridized carbons (Fsp3) is 0.917. The van der Waals surface area contributed by atoms with E-state index in [1.54, 1.807) is 5.01 Å². The van der Waals surface area contributed by atoms with Crippen LogP contribution < -0.4 is 22.1 Å². The smallest absolute Gasteiger partial charge is 0.296 e. The Morgan fingerprint density at radius 2 is 2.38 bits per heavy atom. The highest BCUT2D eigenvalue weighted by molar-refractivity contribution is 5.92. The summed E-state index contributed by atoms with van der Waals surface area (Å²) in [6.45, 7) is 4.84. The second-order valence-corrected chi connectivity index (χ2v) is 6.54. The minimum Gasteiger partial charge on any atom is -0.321 e. The van der Waals surface area contributed by atoms with Crippen LogP contribution in [0.2, 0.25) is 0 Å². The van der Waals surface area contributed by atoms with E-state index in [9.17, 15) is 10.1 Å². The molecule has 21 heavy (non-hydrogen) atoms. The molecule has 0 saturated carbocycles. The first-order valence-corrected chi connectivity index (χ1v) is 7.50. The predicted octanol–water partition coefficient (Wildman–Crippen LogP) is -0.647. The third kappa shape index (κ3) is 1.99. The SMILES string of the molecule is CC(C)CC1([N+](=O)[O-])C2=NNNN2C2NCCCC2C1N. The van der Waals surface area contributed by atoms with E-state index in [0.29, 0.717) is 12.3 Å². The van der Waals surface area contributed by atoms with Crippen molar-refractivity contribution in [2.45, 2.75) is 50.9 Å². The number of nitrogens with zero attached hydrogens (tertiary/aromatic N) is 3. The van der Waals surface area contributed by atoms with Crippen molar-refractivity contribution in [3.63, 3.8) is 0 Å². The molecule has 3 aliphatic rings. The van der Waals surface area contributed by atoms with Gasteiger partial charge in [0.05, 0.1) is 6.04 Å². The Bertz CT molecular complexity index is 469. The molecule has 3 heterocycles. The normalized spacial score (nSPS) is 38.6. The first kappa shape index (κ1) is 14.5. The molecule has 0 radical (unpaired) electrons. The standard InChI is InChI=1S/C12H23N7O2/c1-7(2)6-12(19(20)21)9(13)8-4-3-5-14-10(8)18-11(12)15-16-17-18/h7-10,14,16-17H,3-6,13H2,1-2H3. The fourth-order valence-corrected chi connectivity index (χ4v) is 3.93. The third-order valence-electron chi connectivity index (χ3n) is 4.76. The van der Waals surface area contributed by atoms with Crippen LogP contribution in [-0.4, -0.2) is 40.1 Å². The molecule has 0 spiro atoms. The number of hydrogen-bond acceptors (Lipinski definition) is 8. The Morgan fingerprint density at radius 3 is 3.05 bits per heavy atom. The van der Waals surface area contributed by atoms with E-state index in [2.05, 4.69) is 21.5 Å². The highest BCUT2D eigenvalue weighted by Crippen LogP contribution is 2.40. The van der Waals surface area contributed by atoms with Crippen molar-refractivity contribution in [1.29, 1.82) is 0 Å². The van der Waals surface area contributed by atoms with Crippen LogP contribution in [-0.2, 0) is 0 Å². The average molecular weight is 297 g/mol. The fourth-order valence-electron chi connectivity index (χ4n) is 3.93. The first-order valence-electron chi connectivity index (χ1n) is 7.50. The van der Waals surface area contributed by atoms with Gasteiger partial charge in [0.25, 0.3) is 5.54 Å². The van der Waals surface area contributed by atoms with Gasteiger partial charge in [0, 0.05) is 17.3 Å².